The van der Waals surface area contributed by atoms with Crippen LogP contribution < -0.4 is 5.73 Å². The maximum absolute atomic E-state index is 7.09. The molecule has 7 atom stereocenters. The van der Waals surface area contributed by atoms with E-state index < -0.39 is 0 Å². The molecule has 0 bridgehead atoms. The molecule has 0 aromatic rings. The summed E-state index contributed by atoms with van der Waals surface area (Å²) in [6.45, 7) is 12.1. The van der Waals surface area contributed by atoms with Gasteiger partial charge in [-0.2, -0.15) is 0 Å². The molecular weight excluding hydrogens is 278 g/mol. The van der Waals surface area contributed by atoms with Gasteiger partial charge in [0.25, 0.3) is 0 Å². The second-order valence-electron chi connectivity index (χ2n) is 11.0. The fraction of sp³-hybridized carbons (Fsp3) is 1.00. The third-order valence-electron chi connectivity index (χ3n) is 7.89. The minimum Gasteiger partial charge on any atom is -0.325 e. The third kappa shape index (κ3) is 3.65. The van der Waals surface area contributed by atoms with E-state index in [1.165, 1.54) is 57.8 Å². The molecule has 134 valence electrons. The first-order chi connectivity index (χ1) is 10.7. The zero-order valence-corrected chi connectivity index (χ0v) is 16.4. The van der Waals surface area contributed by atoms with Crippen molar-refractivity contribution in [3.05, 3.63) is 0 Å². The van der Waals surface area contributed by atoms with Crippen LogP contribution in [0.25, 0.3) is 0 Å². The third-order valence-corrected chi connectivity index (χ3v) is 7.89. The van der Waals surface area contributed by atoms with Crippen LogP contribution in [0.1, 0.15) is 92.4 Å². The van der Waals surface area contributed by atoms with E-state index in [1.807, 2.05) is 0 Å². The number of hydrogen-bond acceptors (Lipinski definition) is 1. The molecule has 0 spiro atoms. The van der Waals surface area contributed by atoms with E-state index in [0.29, 0.717) is 5.41 Å². The van der Waals surface area contributed by atoms with E-state index in [9.17, 15) is 0 Å². The van der Waals surface area contributed by atoms with E-state index in [2.05, 4.69) is 34.6 Å². The van der Waals surface area contributed by atoms with Crippen molar-refractivity contribution < 1.29 is 0 Å². The van der Waals surface area contributed by atoms with Crippen LogP contribution in [-0.2, 0) is 0 Å². The van der Waals surface area contributed by atoms with Gasteiger partial charge < -0.3 is 5.73 Å². The predicted octanol–water partition coefficient (Wildman–Crippen LogP) is 6.02. The minimum absolute atomic E-state index is 0.0820. The predicted molar refractivity (Wildman–Crippen MR) is 100 cm³/mol. The Kier molecular flexibility index (Phi) is 4.91. The van der Waals surface area contributed by atoms with Crippen LogP contribution in [0.4, 0.5) is 0 Å². The standard InChI is InChI=1S/C22H41N/c1-15-9-10-16-7-6-8-19-20(16)17(13-15)14-18(22(19,5)23)11-12-21(2,3)4/h15-20H,6-14,23H2,1-5H3/t15?,16?,17?,18?,19?,20?,22-/m1/s1. The molecule has 6 unspecified atom stereocenters. The van der Waals surface area contributed by atoms with Crippen molar-refractivity contribution in [3.8, 4) is 0 Å². The molecule has 0 aliphatic heterocycles. The van der Waals surface area contributed by atoms with Gasteiger partial charge in [-0.25, -0.2) is 0 Å². The number of hydrogen-bond donors (Lipinski definition) is 1. The lowest BCUT2D eigenvalue weighted by molar-refractivity contribution is -0.0422. The fourth-order valence-corrected chi connectivity index (χ4v) is 6.59. The highest BCUT2D eigenvalue weighted by atomic mass is 14.8. The van der Waals surface area contributed by atoms with Gasteiger partial charge in [-0.3, -0.25) is 0 Å². The van der Waals surface area contributed by atoms with Gasteiger partial charge in [0.15, 0.2) is 0 Å². The van der Waals surface area contributed by atoms with Crippen LogP contribution in [0, 0.1) is 40.9 Å². The molecule has 1 heteroatoms. The lowest BCUT2D eigenvalue weighted by atomic mass is 9.51. The largest absolute Gasteiger partial charge is 0.325 e. The second-order valence-corrected chi connectivity index (χ2v) is 11.0. The van der Waals surface area contributed by atoms with E-state index in [0.717, 1.165) is 35.5 Å². The van der Waals surface area contributed by atoms with Crippen molar-refractivity contribution in [2.45, 2.75) is 97.9 Å². The molecule has 3 aliphatic carbocycles. The van der Waals surface area contributed by atoms with Crippen molar-refractivity contribution in [2.75, 3.05) is 0 Å². The molecule has 2 N–H and O–H groups in total. The summed E-state index contributed by atoms with van der Waals surface area (Å²) in [5.41, 5.74) is 7.62. The first-order valence-corrected chi connectivity index (χ1v) is 10.5. The Hall–Kier alpha value is -0.0400. The highest BCUT2D eigenvalue weighted by molar-refractivity contribution is 5.06. The highest BCUT2D eigenvalue weighted by Crippen LogP contribution is 2.57. The summed E-state index contributed by atoms with van der Waals surface area (Å²) in [6, 6.07) is 0. The Morgan fingerprint density at radius 2 is 1.74 bits per heavy atom. The van der Waals surface area contributed by atoms with Gasteiger partial charge in [0.2, 0.25) is 0 Å². The lowest BCUT2D eigenvalue weighted by Crippen LogP contribution is -2.60. The molecular formula is C22H41N. The molecule has 0 aromatic carbocycles. The van der Waals surface area contributed by atoms with Gasteiger partial charge in [-0.15, -0.1) is 0 Å². The molecule has 0 heterocycles. The van der Waals surface area contributed by atoms with E-state index in [-0.39, 0.29) is 5.54 Å². The van der Waals surface area contributed by atoms with Crippen LogP contribution in [0.2, 0.25) is 0 Å². The van der Waals surface area contributed by atoms with Crippen molar-refractivity contribution in [1.29, 1.82) is 0 Å². The minimum atomic E-state index is 0.0820. The Bertz CT molecular complexity index is 405. The van der Waals surface area contributed by atoms with Gasteiger partial charge in [-0.05, 0) is 86.4 Å². The molecule has 3 aliphatic rings. The van der Waals surface area contributed by atoms with Gasteiger partial charge in [0, 0.05) is 5.54 Å². The van der Waals surface area contributed by atoms with Crippen LogP contribution in [0.3, 0.4) is 0 Å². The molecule has 1 nitrogen and oxygen atoms in total. The normalized spacial score (nSPS) is 47.7. The monoisotopic (exact) mass is 319 g/mol. The molecule has 0 saturated heterocycles. The van der Waals surface area contributed by atoms with E-state index >= 15 is 0 Å². The zero-order chi connectivity index (χ0) is 16.8. The van der Waals surface area contributed by atoms with Crippen molar-refractivity contribution in [2.24, 2.45) is 46.7 Å². The van der Waals surface area contributed by atoms with Crippen LogP contribution >= 0.6 is 0 Å². The lowest BCUT2D eigenvalue weighted by Gasteiger charge is -2.57. The summed E-state index contributed by atoms with van der Waals surface area (Å²) < 4.78 is 0. The average molecular weight is 320 g/mol. The SMILES string of the molecule is CC1CCC2CCCC3C2C(C1)CC(CCC(C)(C)C)[C@@]3(C)N. The van der Waals surface area contributed by atoms with Gasteiger partial charge >= 0.3 is 0 Å². The summed E-state index contributed by atoms with van der Waals surface area (Å²) in [5, 5.41) is 0. The first kappa shape index (κ1) is 17.8. The molecule has 0 radical (unpaired) electrons. The summed E-state index contributed by atoms with van der Waals surface area (Å²) in [5.74, 6) is 5.41. The highest BCUT2D eigenvalue weighted by Gasteiger charge is 2.53. The van der Waals surface area contributed by atoms with Gasteiger partial charge in [0.1, 0.15) is 0 Å². The molecule has 3 fully saturated rings. The van der Waals surface area contributed by atoms with Crippen LogP contribution in [-0.4, -0.2) is 5.54 Å². The summed E-state index contributed by atoms with van der Waals surface area (Å²) in [6.07, 6.45) is 12.9. The second kappa shape index (κ2) is 6.36. The van der Waals surface area contributed by atoms with Gasteiger partial charge in [0.05, 0.1) is 0 Å². The molecule has 3 saturated carbocycles. The van der Waals surface area contributed by atoms with Crippen molar-refractivity contribution in [1.82, 2.24) is 0 Å². The first-order valence-electron chi connectivity index (χ1n) is 10.5. The number of rotatable bonds is 2. The average Bonchev–Trinajstić information content (AvgIpc) is 2.60. The number of nitrogens with two attached hydrogens (primary N) is 1. The van der Waals surface area contributed by atoms with Crippen molar-refractivity contribution in [3.63, 3.8) is 0 Å². The molecule has 3 rings (SSSR count). The summed E-state index contributed by atoms with van der Waals surface area (Å²) >= 11 is 0. The summed E-state index contributed by atoms with van der Waals surface area (Å²) in [7, 11) is 0. The quantitative estimate of drug-likeness (QED) is 0.662. The van der Waals surface area contributed by atoms with E-state index in [4.69, 9.17) is 5.73 Å². The van der Waals surface area contributed by atoms with Crippen molar-refractivity contribution >= 4 is 0 Å². The smallest absolute Gasteiger partial charge is 0.0185 e. The Morgan fingerprint density at radius 3 is 2.43 bits per heavy atom. The van der Waals surface area contributed by atoms with Crippen LogP contribution in [0.5, 0.6) is 0 Å². The molecule has 0 aromatic heterocycles. The topological polar surface area (TPSA) is 26.0 Å². The maximum Gasteiger partial charge on any atom is 0.0185 e. The zero-order valence-electron chi connectivity index (χ0n) is 16.4. The maximum atomic E-state index is 7.09. The summed E-state index contributed by atoms with van der Waals surface area (Å²) in [4.78, 5) is 0. The molecule has 23 heavy (non-hydrogen) atoms. The Morgan fingerprint density at radius 1 is 1.00 bits per heavy atom. The van der Waals surface area contributed by atoms with Crippen LogP contribution in [0.15, 0.2) is 0 Å². The van der Waals surface area contributed by atoms with E-state index in [1.54, 1.807) is 0 Å². The van der Waals surface area contributed by atoms with Gasteiger partial charge in [-0.1, -0.05) is 47.0 Å². The Balaban J connectivity index is 1.82. The Labute approximate surface area is 145 Å². The fourth-order valence-electron chi connectivity index (χ4n) is 6.59. The molecule has 0 amide bonds.